The van der Waals surface area contributed by atoms with Crippen LogP contribution in [0.1, 0.15) is 40.5 Å². The van der Waals surface area contributed by atoms with Gasteiger partial charge in [-0.25, -0.2) is 0 Å². The lowest BCUT2D eigenvalue weighted by Gasteiger charge is -2.26. The topological polar surface area (TPSA) is 90.0 Å². The van der Waals surface area contributed by atoms with Gasteiger partial charge in [-0.2, -0.15) is 27.5 Å². The molecule has 3 aromatic heterocycles. The van der Waals surface area contributed by atoms with E-state index in [1.54, 1.807) is 32.0 Å². The highest BCUT2D eigenvalue weighted by atomic mass is 19.4. The van der Waals surface area contributed by atoms with E-state index in [4.69, 9.17) is 0 Å². The van der Waals surface area contributed by atoms with Gasteiger partial charge in [-0.3, -0.25) is 4.79 Å². The summed E-state index contributed by atoms with van der Waals surface area (Å²) in [6.45, 7) is 3.45. The van der Waals surface area contributed by atoms with E-state index in [0.29, 0.717) is 34.4 Å². The van der Waals surface area contributed by atoms with Crippen molar-refractivity contribution < 1.29 is 18.0 Å². The highest BCUT2D eigenvalue weighted by Gasteiger charge is 2.39. The summed E-state index contributed by atoms with van der Waals surface area (Å²) in [4.78, 5) is 12.5. The van der Waals surface area contributed by atoms with Crippen LogP contribution in [-0.2, 0) is 11.0 Å². The van der Waals surface area contributed by atoms with Gasteiger partial charge in [0.25, 0.3) is 0 Å². The van der Waals surface area contributed by atoms with Crippen LogP contribution in [-0.4, -0.2) is 35.5 Å². The number of amides is 1. The Kier molecular flexibility index (Phi) is 4.11. The molecule has 0 aliphatic carbocycles. The lowest BCUT2D eigenvalue weighted by atomic mass is 9.83. The number of anilines is 1. The quantitative estimate of drug-likeness (QED) is 0.530. The number of benzene rings is 1. The van der Waals surface area contributed by atoms with Crippen molar-refractivity contribution in [1.82, 2.24) is 29.6 Å². The van der Waals surface area contributed by atoms with E-state index < -0.39 is 23.6 Å². The van der Waals surface area contributed by atoms with E-state index in [1.165, 1.54) is 21.3 Å². The summed E-state index contributed by atoms with van der Waals surface area (Å²) in [6, 6.07) is 8.69. The molecule has 0 saturated carbocycles. The maximum absolute atomic E-state index is 13.7. The molecule has 0 bridgehead atoms. The van der Waals surface area contributed by atoms with Crippen LogP contribution >= 0.6 is 0 Å². The molecule has 11 heteroatoms. The third-order valence-electron chi connectivity index (χ3n) is 5.37. The number of rotatable bonds is 2. The van der Waals surface area contributed by atoms with Crippen LogP contribution in [0.5, 0.6) is 0 Å². The predicted octanol–water partition coefficient (Wildman–Crippen LogP) is 3.42. The van der Waals surface area contributed by atoms with Crippen molar-refractivity contribution in [3.8, 4) is 5.82 Å². The first kappa shape index (κ1) is 19.2. The zero-order valence-electron chi connectivity index (χ0n) is 16.5. The average Bonchev–Trinajstić information content (AvgIpc) is 3.26. The molecule has 0 spiro atoms. The van der Waals surface area contributed by atoms with Gasteiger partial charge in [0.05, 0.1) is 11.3 Å². The average molecular weight is 427 g/mol. The molecular weight excluding hydrogens is 411 g/mol. The Hall–Kier alpha value is -3.76. The van der Waals surface area contributed by atoms with Crippen molar-refractivity contribution in [1.29, 1.82) is 0 Å². The monoisotopic (exact) mass is 427 g/mol. The number of aryl methyl sites for hydroxylation is 2. The number of nitrogens with one attached hydrogen (secondary N) is 1. The van der Waals surface area contributed by atoms with E-state index >= 15 is 0 Å². The number of hydrogen-bond donors (Lipinski definition) is 1. The van der Waals surface area contributed by atoms with Crippen LogP contribution in [0.4, 0.5) is 19.0 Å². The van der Waals surface area contributed by atoms with E-state index in [2.05, 4.69) is 25.7 Å². The zero-order chi connectivity index (χ0) is 21.9. The second-order valence-corrected chi connectivity index (χ2v) is 7.36. The summed E-state index contributed by atoms with van der Waals surface area (Å²) in [6.07, 6.45) is -4.64. The Morgan fingerprint density at radius 3 is 2.61 bits per heavy atom. The van der Waals surface area contributed by atoms with Gasteiger partial charge < -0.3 is 5.32 Å². The Bertz CT molecular complexity index is 1340. The van der Waals surface area contributed by atoms with E-state index in [9.17, 15) is 18.0 Å². The summed E-state index contributed by atoms with van der Waals surface area (Å²) in [5, 5.41) is 19.7. The van der Waals surface area contributed by atoms with Crippen LogP contribution in [0, 0.1) is 13.8 Å². The Labute approximate surface area is 173 Å². The van der Waals surface area contributed by atoms with Crippen molar-refractivity contribution in [3.05, 3.63) is 64.6 Å². The van der Waals surface area contributed by atoms with Crippen LogP contribution < -0.4 is 5.32 Å². The molecule has 1 aliphatic heterocycles. The minimum Gasteiger partial charge on any atom is -0.310 e. The predicted molar refractivity (Wildman–Crippen MR) is 104 cm³/mol. The van der Waals surface area contributed by atoms with Crippen LogP contribution in [0.3, 0.4) is 0 Å². The van der Waals surface area contributed by atoms with Gasteiger partial charge >= 0.3 is 6.18 Å². The fourth-order valence-electron chi connectivity index (χ4n) is 4.04. The molecule has 0 unspecified atom stereocenters. The van der Waals surface area contributed by atoms with Crippen molar-refractivity contribution in [2.45, 2.75) is 32.4 Å². The lowest BCUT2D eigenvalue weighted by molar-refractivity contribution is -0.138. The summed E-state index contributed by atoms with van der Waals surface area (Å²) >= 11 is 0. The third-order valence-corrected chi connectivity index (χ3v) is 5.37. The molecular formula is C20H16F3N7O. The molecule has 8 nitrogen and oxygen atoms in total. The second-order valence-electron chi connectivity index (χ2n) is 7.36. The highest BCUT2D eigenvalue weighted by molar-refractivity contribution is 5.95. The van der Waals surface area contributed by atoms with Gasteiger partial charge in [0.2, 0.25) is 5.91 Å². The number of alkyl halides is 3. The largest absolute Gasteiger partial charge is 0.416 e. The second kappa shape index (κ2) is 6.62. The van der Waals surface area contributed by atoms with Crippen LogP contribution in [0.15, 0.2) is 36.4 Å². The maximum Gasteiger partial charge on any atom is 0.416 e. The lowest BCUT2D eigenvalue weighted by Crippen LogP contribution is -2.26. The molecule has 31 heavy (non-hydrogen) atoms. The zero-order valence-corrected chi connectivity index (χ0v) is 16.5. The molecule has 4 aromatic rings. The minimum absolute atomic E-state index is 0.0480. The summed E-state index contributed by atoms with van der Waals surface area (Å²) < 4.78 is 43.9. The van der Waals surface area contributed by atoms with Gasteiger partial charge in [-0.15, -0.1) is 15.3 Å². The number of fused-ring (bicyclic) bond motifs is 2. The molecule has 1 amide bonds. The van der Waals surface area contributed by atoms with Crippen LogP contribution in [0.25, 0.3) is 11.5 Å². The van der Waals surface area contributed by atoms with Gasteiger partial charge in [-0.05, 0) is 37.6 Å². The maximum atomic E-state index is 13.7. The summed E-state index contributed by atoms with van der Waals surface area (Å²) in [5.74, 6) is 0.0848. The highest BCUT2D eigenvalue weighted by Crippen LogP contribution is 2.44. The van der Waals surface area contributed by atoms with Gasteiger partial charge in [0, 0.05) is 17.9 Å². The van der Waals surface area contributed by atoms with Gasteiger partial charge in [0.1, 0.15) is 5.82 Å². The molecule has 5 rings (SSSR count). The Morgan fingerprint density at radius 1 is 1.06 bits per heavy atom. The Balaban J connectivity index is 1.70. The minimum atomic E-state index is -4.53. The smallest absolute Gasteiger partial charge is 0.310 e. The van der Waals surface area contributed by atoms with Crippen molar-refractivity contribution in [3.63, 3.8) is 0 Å². The number of hydrogen-bond acceptors (Lipinski definition) is 5. The van der Waals surface area contributed by atoms with Crippen molar-refractivity contribution >= 4 is 17.4 Å². The van der Waals surface area contributed by atoms with Crippen LogP contribution in [0.2, 0.25) is 0 Å². The Morgan fingerprint density at radius 2 is 1.84 bits per heavy atom. The fourth-order valence-corrected chi connectivity index (χ4v) is 4.04. The SMILES string of the molecule is Cc1nn(-c2ccc3nnc(C)n3n2)c2c1[C@@H](c1ccccc1C(F)(F)F)CC(=O)N2. The number of aromatic nitrogens is 6. The molecule has 158 valence electrons. The standard InChI is InChI=1S/C20H16F3N7O/c1-10-18-13(12-5-3-4-6-14(12)20(21,22)23)9-17(31)24-19(18)30(27-10)16-8-7-15-26-25-11(2)29(15)28-16/h3-8,13H,9H2,1-2H3,(H,24,31)/t13-/m1/s1. The number of nitrogens with zero attached hydrogens (tertiary/aromatic N) is 6. The molecule has 0 saturated heterocycles. The van der Waals surface area contributed by atoms with E-state index in [1.807, 2.05) is 0 Å². The van der Waals surface area contributed by atoms with Gasteiger partial charge in [-0.1, -0.05) is 18.2 Å². The third kappa shape index (κ3) is 3.04. The summed E-state index contributed by atoms with van der Waals surface area (Å²) in [5.41, 5.74) is 0.886. The molecule has 1 aromatic carbocycles. The fraction of sp³-hybridized carbons (Fsp3) is 0.250. The first-order valence-electron chi connectivity index (χ1n) is 9.49. The number of carbonyl (C=O) groups excluding carboxylic acids is 1. The summed E-state index contributed by atoms with van der Waals surface area (Å²) in [7, 11) is 0. The molecule has 4 heterocycles. The first-order chi connectivity index (χ1) is 14.7. The normalized spacial score (nSPS) is 16.4. The first-order valence-corrected chi connectivity index (χ1v) is 9.49. The number of carbonyl (C=O) groups is 1. The van der Waals surface area contributed by atoms with E-state index in [-0.39, 0.29) is 12.0 Å². The molecule has 0 fully saturated rings. The van der Waals surface area contributed by atoms with E-state index in [0.717, 1.165) is 6.07 Å². The van der Waals surface area contributed by atoms with Crippen molar-refractivity contribution in [2.75, 3.05) is 5.32 Å². The molecule has 1 N–H and O–H groups in total. The molecule has 1 aliphatic rings. The number of halogens is 3. The molecule has 1 atom stereocenters. The van der Waals surface area contributed by atoms with Crippen molar-refractivity contribution in [2.24, 2.45) is 0 Å². The van der Waals surface area contributed by atoms with Gasteiger partial charge in [0.15, 0.2) is 17.3 Å². The molecule has 0 radical (unpaired) electrons.